The summed E-state index contributed by atoms with van der Waals surface area (Å²) in [5, 5.41) is 2.25. The minimum atomic E-state index is -0.0387. The van der Waals surface area contributed by atoms with Gasteiger partial charge in [0.25, 0.3) is 0 Å². The van der Waals surface area contributed by atoms with Crippen LogP contribution in [-0.2, 0) is 14.1 Å². The lowest BCUT2D eigenvalue weighted by Crippen LogP contribution is -2.19. The van der Waals surface area contributed by atoms with Crippen LogP contribution in [0.15, 0.2) is 155 Å². The molecule has 9 aromatic rings. The van der Waals surface area contributed by atoms with Crippen LogP contribution in [0, 0.1) is 0 Å². The Morgan fingerprint density at radius 1 is 0.449 bits per heavy atom. The second-order valence-electron chi connectivity index (χ2n) is 12.4. The average molecular weight is 635 g/mol. The number of nitrogens with zero attached hydrogens (tertiary/aromatic N) is 4. The van der Waals surface area contributed by atoms with E-state index in [-0.39, 0.29) is 5.69 Å². The van der Waals surface area contributed by atoms with E-state index in [0.29, 0.717) is 5.82 Å². The van der Waals surface area contributed by atoms with Gasteiger partial charge in [0.1, 0.15) is 11.2 Å². The van der Waals surface area contributed by atoms with Gasteiger partial charge >= 0.3 is 5.69 Å². The summed E-state index contributed by atoms with van der Waals surface area (Å²) in [4.78, 5) is 22.6. The third-order valence-electron chi connectivity index (χ3n) is 9.41. The number of rotatable bonds is 5. The Kier molecular flexibility index (Phi) is 6.62. The molecule has 3 heterocycles. The number of hydrogen-bond donors (Lipinski definition) is 0. The molecule has 0 spiro atoms. The van der Waals surface area contributed by atoms with Crippen molar-refractivity contribution >= 4 is 33.0 Å². The predicted octanol–water partition coefficient (Wildman–Crippen LogP) is 9.90. The summed E-state index contributed by atoms with van der Waals surface area (Å²) in [6.07, 6.45) is 0. The molecule has 9 rings (SSSR count). The quantitative estimate of drug-likeness (QED) is 0.189. The van der Waals surface area contributed by atoms with Crippen LogP contribution in [-0.4, -0.2) is 19.1 Å². The van der Waals surface area contributed by atoms with E-state index in [9.17, 15) is 4.79 Å². The standard InChI is InChI=1S/C43H30N4O2/c1-46-38-22-20-31(24-39(38)47(2)43(46)48)30-11-8-12-33(23-30)37-26-36(44-42(45-37)29-9-4-3-5-10-29)28-17-15-27(16-18-28)32-19-21-35-34-13-6-7-14-40(34)49-41(35)25-32/h3-26H,1-2H3. The van der Waals surface area contributed by atoms with Crippen LogP contribution < -0.4 is 5.69 Å². The van der Waals surface area contributed by atoms with Crippen LogP contribution in [0.3, 0.4) is 0 Å². The van der Waals surface area contributed by atoms with E-state index < -0.39 is 0 Å². The minimum absolute atomic E-state index is 0.0387. The SMILES string of the molecule is Cn1c(=O)n(C)c2cc(-c3cccc(-c4cc(-c5ccc(-c6ccc7c(c6)oc6ccccc67)cc5)nc(-c5ccccc5)n4)c3)ccc21. The van der Waals surface area contributed by atoms with E-state index in [1.165, 1.54) is 0 Å². The maximum atomic E-state index is 12.5. The first-order valence-electron chi connectivity index (χ1n) is 16.2. The molecule has 0 saturated carbocycles. The zero-order valence-corrected chi connectivity index (χ0v) is 27.0. The molecule has 0 aliphatic carbocycles. The maximum Gasteiger partial charge on any atom is 0.328 e. The predicted molar refractivity (Wildman–Crippen MR) is 198 cm³/mol. The largest absolute Gasteiger partial charge is 0.456 e. The van der Waals surface area contributed by atoms with Crippen molar-refractivity contribution in [2.45, 2.75) is 0 Å². The Hall–Kier alpha value is -6.53. The Bertz CT molecular complexity index is 2750. The summed E-state index contributed by atoms with van der Waals surface area (Å²) in [5.74, 6) is 0.665. The number of furan rings is 1. The fourth-order valence-electron chi connectivity index (χ4n) is 6.74. The van der Waals surface area contributed by atoms with E-state index in [4.69, 9.17) is 14.4 Å². The van der Waals surface area contributed by atoms with Crippen LogP contribution >= 0.6 is 0 Å². The second kappa shape index (κ2) is 11.3. The number of aryl methyl sites for hydroxylation is 2. The van der Waals surface area contributed by atoms with Gasteiger partial charge in [0.2, 0.25) is 0 Å². The summed E-state index contributed by atoms with van der Waals surface area (Å²) >= 11 is 0. The van der Waals surface area contributed by atoms with Crippen LogP contribution in [0.1, 0.15) is 0 Å². The fourth-order valence-corrected chi connectivity index (χ4v) is 6.74. The van der Waals surface area contributed by atoms with Gasteiger partial charge in [0.05, 0.1) is 22.4 Å². The van der Waals surface area contributed by atoms with Crippen LogP contribution in [0.4, 0.5) is 0 Å². The molecule has 0 aliphatic rings. The van der Waals surface area contributed by atoms with Gasteiger partial charge in [0, 0.05) is 41.6 Å². The summed E-state index contributed by atoms with van der Waals surface area (Å²) in [7, 11) is 3.61. The molecule has 0 saturated heterocycles. The fraction of sp³-hybridized carbons (Fsp3) is 0.0465. The summed E-state index contributed by atoms with van der Waals surface area (Å²) in [5.41, 5.74) is 12.4. The van der Waals surface area contributed by atoms with E-state index in [0.717, 1.165) is 83.3 Å². The van der Waals surface area contributed by atoms with Gasteiger partial charge in [-0.25, -0.2) is 14.8 Å². The maximum absolute atomic E-state index is 12.5. The first kappa shape index (κ1) is 28.7. The third kappa shape index (κ3) is 4.93. The normalized spacial score (nSPS) is 11.6. The number of para-hydroxylation sites is 1. The second-order valence-corrected chi connectivity index (χ2v) is 12.4. The molecular weight excluding hydrogens is 604 g/mol. The lowest BCUT2D eigenvalue weighted by molar-refractivity contribution is 0.669. The highest BCUT2D eigenvalue weighted by atomic mass is 16.3. The molecule has 0 bridgehead atoms. The molecule has 6 nitrogen and oxygen atoms in total. The van der Waals surface area contributed by atoms with Gasteiger partial charge in [0.15, 0.2) is 5.82 Å². The van der Waals surface area contributed by atoms with Crippen molar-refractivity contribution in [3.8, 4) is 56.2 Å². The Labute approximate surface area is 282 Å². The first-order valence-corrected chi connectivity index (χ1v) is 16.2. The highest BCUT2D eigenvalue weighted by molar-refractivity contribution is 6.05. The van der Waals surface area contributed by atoms with Crippen molar-refractivity contribution in [3.05, 3.63) is 156 Å². The van der Waals surface area contributed by atoms with Crippen molar-refractivity contribution in [2.75, 3.05) is 0 Å². The molecular formula is C43H30N4O2. The average Bonchev–Trinajstić information content (AvgIpc) is 3.64. The molecule has 0 amide bonds. The van der Waals surface area contributed by atoms with E-state index in [2.05, 4.69) is 91.0 Å². The van der Waals surface area contributed by atoms with Crippen molar-refractivity contribution in [1.82, 2.24) is 19.1 Å². The Balaban J connectivity index is 1.11. The van der Waals surface area contributed by atoms with Gasteiger partial charge in [-0.3, -0.25) is 9.13 Å². The Morgan fingerprint density at radius 3 is 1.88 bits per heavy atom. The zero-order valence-electron chi connectivity index (χ0n) is 27.0. The lowest BCUT2D eigenvalue weighted by Gasteiger charge is -2.11. The first-order chi connectivity index (χ1) is 24.0. The molecule has 0 aliphatic heterocycles. The number of fused-ring (bicyclic) bond motifs is 4. The van der Waals surface area contributed by atoms with Gasteiger partial charge in [-0.15, -0.1) is 0 Å². The number of imidazole rings is 1. The summed E-state index contributed by atoms with van der Waals surface area (Å²) < 4.78 is 9.52. The molecule has 0 radical (unpaired) electrons. The van der Waals surface area contributed by atoms with Crippen molar-refractivity contribution < 1.29 is 4.42 Å². The molecule has 3 aromatic heterocycles. The molecule has 0 atom stereocenters. The molecule has 0 fully saturated rings. The minimum Gasteiger partial charge on any atom is -0.456 e. The zero-order chi connectivity index (χ0) is 33.1. The smallest absolute Gasteiger partial charge is 0.328 e. The topological polar surface area (TPSA) is 65.8 Å². The van der Waals surface area contributed by atoms with Crippen LogP contribution in [0.2, 0.25) is 0 Å². The number of hydrogen-bond acceptors (Lipinski definition) is 4. The molecule has 0 unspecified atom stereocenters. The third-order valence-corrected chi connectivity index (χ3v) is 9.41. The van der Waals surface area contributed by atoms with Crippen molar-refractivity contribution in [2.24, 2.45) is 14.1 Å². The van der Waals surface area contributed by atoms with Crippen LogP contribution in [0.5, 0.6) is 0 Å². The molecule has 0 N–H and O–H groups in total. The van der Waals surface area contributed by atoms with Gasteiger partial charge in [-0.2, -0.15) is 0 Å². The van der Waals surface area contributed by atoms with Gasteiger partial charge < -0.3 is 4.42 Å². The van der Waals surface area contributed by atoms with E-state index in [1.54, 1.807) is 16.2 Å². The lowest BCUT2D eigenvalue weighted by atomic mass is 9.99. The molecule has 234 valence electrons. The molecule has 6 aromatic carbocycles. The summed E-state index contributed by atoms with van der Waals surface area (Å²) in [6, 6.07) is 49.7. The molecule has 49 heavy (non-hydrogen) atoms. The van der Waals surface area contributed by atoms with E-state index in [1.807, 2.05) is 61.6 Å². The molecule has 6 heteroatoms. The highest BCUT2D eigenvalue weighted by Gasteiger charge is 2.14. The van der Waals surface area contributed by atoms with Crippen LogP contribution in [0.25, 0.3) is 89.1 Å². The van der Waals surface area contributed by atoms with Gasteiger partial charge in [-0.1, -0.05) is 103 Å². The Morgan fingerprint density at radius 2 is 1.04 bits per heavy atom. The highest BCUT2D eigenvalue weighted by Crippen LogP contribution is 2.34. The van der Waals surface area contributed by atoms with Crippen molar-refractivity contribution in [1.29, 1.82) is 0 Å². The summed E-state index contributed by atoms with van der Waals surface area (Å²) in [6.45, 7) is 0. The van der Waals surface area contributed by atoms with Crippen molar-refractivity contribution in [3.63, 3.8) is 0 Å². The number of benzene rings is 6. The monoisotopic (exact) mass is 634 g/mol. The number of aromatic nitrogens is 4. The van der Waals surface area contributed by atoms with E-state index >= 15 is 0 Å². The van der Waals surface area contributed by atoms with Gasteiger partial charge in [-0.05, 0) is 64.7 Å².